The number of carbonyl (C=O) groups excluding carboxylic acids is 1. The van der Waals surface area contributed by atoms with Gasteiger partial charge in [0.15, 0.2) is 11.2 Å². The largest absolute Gasteiger partial charge is 0.481 e. The van der Waals surface area contributed by atoms with E-state index in [1.807, 2.05) is 47.8 Å². The number of carbonyl (C=O) groups is 1. The third-order valence-corrected chi connectivity index (χ3v) is 6.78. The highest BCUT2D eigenvalue weighted by Gasteiger charge is 2.17. The molecular weight excluding hydrogens is 428 g/mol. The molecule has 0 saturated heterocycles. The summed E-state index contributed by atoms with van der Waals surface area (Å²) in [6.07, 6.45) is 4.20. The third-order valence-electron chi connectivity index (χ3n) is 6.02. The summed E-state index contributed by atoms with van der Waals surface area (Å²) in [6.45, 7) is 1.75. The highest BCUT2D eigenvalue weighted by atomic mass is 32.1. The van der Waals surface area contributed by atoms with Crippen molar-refractivity contribution in [1.29, 1.82) is 0 Å². The van der Waals surface area contributed by atoms with Crippen LogP contribution in [-0.4, -0.2) is 17.0 Å². The van der Waals surface area contributed by atoms with Crippen molar-refractivity contribution in [2.75, 3.05) is 5.32 Å². The first-order chi connectivity index (χ1) is 16.2. The van der Waals surface area contributed by atoms with Gasteiger partial charge in [-0.2, -0.15) is 0 Å². The summed E-state index contributed by atoms with van der Waals surface area (Å²) in [5, 5.41) is 5.47. The van der Waals surface area contributed by atoms with Crippen LogP contribution in [0.2, 0.25) is 0 Å². The molecule has 5 heteroatoms. The standard InChI is InChI=1S/C28H26N2O2S/c1-19(32-25-15-13-22(14-16-25)20-7-3-2-4-8-20)27(31)30-28-29-26(18-33-28)24-12-11-21-9-5-6-10-23(21)17-24/h2-4,7-8,11-19H,5-6,9-10H2,1H3,(H,29,30,31). The molecule has 1 amide bonds. The van der Waals surface area contributed by atoms with Gasteiger partial charge in [-0.05, 0) is 73.1 Å². The fourth-order valence-electron chi connectivity index (χ4n) is 4.18. The SMILES string of the molecule is CC(Oc1ccc(-c2ccccc2)cc1)C(=O)Nc1nc(-c2ccc3c(c2)CCCC3)cs1. The first-order valence-corrected chi connectivity index (χ1v) is 12.2. The number of rotatable bonds is 6. The molecule has 1 atom stereocenters. The minimum Gasteiger partial charge on any atom is -0.481 e. The quantitative estimate of drug-likeness (QED) is 0.350. The minimum atomic E-state index is -0.635. The maximum Gasteiger partial charge on any atom is 0.266 e. The first-order valence-electron chi connectivity index (χ1n) is 11.4. The average Bonchev–Trinajstić information content (AvgIpc) is 3.33. The molecule has 1 N–H and O–H groups in total. The number of aryl methyl sites for hydroxylation is 2. The number of anilines is 1. The molecule has 0 saturated carbocycles. The molecule has 0 radical (unpaired) electrons. The average molecular weight is 455 g/mol. The second-order valence-electron chi connectivity index (χ2n) is 8.37. The van der Waals surface area contributed by atoms with E-state index in [2.05, 4.69) is 40.6 Å². The fraction of sp³-hybridized carbons (Fsp3) is 0.214. The number of hydrogen-bond donors (Lipinski definition) is 1. The van der Waals surface area contributed by atoms with E-state index in [4.69, 9.17) is 4.74 Å². The normalized spacial score (nSPS) is 13.7. The lowest BCUT2D eigenvalue weighted by Gasteiger charge is -2.16. The molecule has 4 nitrogen and oxygen atoms in total. The zero-order chi connectivity index (χ0) is 22.6. The van der Waals surface area contributed by atoms with Gasteiger partial charge in [0.1, 0.15) is 5.75 Å². The van der Waals surface area contributed by atoms with E-state index in [9.17, 15) is 4.79 Å². The first kappa shape index (κ1) is 21.4. The van der Waals surface area contributed by atoms with Crippen molar-refractivity contribution in [2.45, 2.75) is 38.7 Å². The number of amides is 1. The highest BCUT2D eigenvalue weighted by Crippen LogP contribution is 2.30. The predicted octanol–water partition coefficient (Wildman–Crippen LogP) is 6.76. The number of hydrogen-bond acceptors (Lipinski definition) is 4. The Kier molecular flexibility index (Phi) is 6.22. The van der Waals surface area contributed by atoms with E-state index in [0.29, 0.717) is 10.9 Å². The van der Waals surface area contributed by atoms with Gasteiger partial charge in [0, 0.05) is 10.9 Å². The van der Waals surface area contributed by atoms with Gasteiger partial charge < -0.3 is 4.74 Å². The van der Waals surface area contributed by atoms with E-state index in [1.54, 1.807) is 6.92 Å². The van der Waals surface area contributed by atoms with Crippen LogP contribution >= 0.6 is 11.3 Å². The minimum absolute atomic E-state index is 0.214. The maximum atomic E-state index is 12.7. The summed E-state index contributed by atoms with van der Waals surface area (Å²) in [4.78, 5) is 17.3. The highest BCUT2D eigenvalue weighted by molar-refractivity contribution is 7.14. The van der Waals surface area contributed by atoms with Gasteiger partial charge in [-0.3, -0.25) is 10.1 Å². The van der Waals surface area contributed by atoms with Gasteiger partial charge in [-0.1, -0.05) is 54.6 Å². The van der Waals surface area contributed by atoms with Crippen molar-refractivity contribution < 1.29 is 9.53 Å². The lowest BCUT2D eigenvalue weighted by Crippen LogP contribution is -2.30. The summed E-state index contributed by atoms with van der Waals surface area (Å²) >= 11 is 1.43. The van der Waals surface area contributed by atoms with Crippen LogP contribution in [0, 0.1) is 0 Å². The van der Waals surface area contributed by atoms with Crippen LogP contribution < -0.4 is 10.1 Å². The number of thiazole rings is 1. The second-order valence-corrected chi connectivity index (χ2v) is 9.23. The molecule has 1 unspecified atom stereocenters. The van der Waals surface area contributed by atoms with Crippen molar-refractivity contribution in [2.24, 2.45) is 0 Å². The van der Waals surface area contributed by atoms with E-state index >= 15 is 0 Å². The molecule has 166 valence electrons. The number of fused-ring (bicyclic) bond motifs is 1. The van der Waals surface area contributed by atoms with Gasteiger partial charge in [-0.25, -0.2) is 4.98 Å². The van der Waals surface area contributed by atoms with Gasteiger partial charge in [0.05, 0.1) is 5.69 Å². The lowest BCUT2D eigenvalue weighted by atomic mass is 9.90. The molecular formula is C28H26N2O2S. The van der Waals surface area contributed by atoms with E-state index in [-0.39, 0.29) is 5.91 Å². The molecule has 5 rings (SSSR count). The Bertz CT molecular complexity index is 1250. The van der Waals surface area contributed by atoms with Crippen LogP contribution in [0.25, 0.3) is 22.4 Å². The van der Waals surface area contributed by atoms with E-state index in [1.165, 1.54) is 41.7 Å². The van der Waals surface area contributed by atoms with E-state index in [0.717, 1.165) is 28.8 Å². The molecule has 1 aliphatic rings. The molecule has 4 aromatic rings. The zero-order valence-electron chi connectivity index (χ0n) is 18.6. The van der Waals surface area contributed by atoms with Crippen LogP contribution in [0.5, 0.6) is 5.75 Å². The van der Waals surface area contributed by atoms with Crippen LogP contribution in [-0.2, 0) is 17.6 Å². The Morgan fingerprint density at radius 3 is 2.39 bits per heavy atom. The van der Waals surface area contributed by atoms with Crippen molar-refractivity contribution in [3.8, 4) is 28.1 Å². The topological polar surface area (TPSA) is 51.2 Å². The van der Waals surface area contributed by atoms with Gasteiger partial charge in [0.25, 0.3) is 5.91 Å². The number of nitrogens with one attached hydrogen (secondary N) is 1. The number of nitrogens with zero attached hydrogens (tertiary/aromatic N) is 1. The Labute approximate surface area is 198 Å². The van der Waals surface area contributed by atoms with Crippen molar-refractivity contribution in [3.05, 3.63) is 89.3 Å². The molecule has 0 fully saturated rings. The number of benzene rings is 3. The van der Waals surface area contributed by atoms with Crippen LogP contribution in [0.1, 0.15) is 30.9 Å². The predicted molar refractivity (Wildman–Crippen MR) is 135 cm³/mol. The monoisotopic (exact) mass is 454 g/mol. The van der Waals surface area contributed by atoms with Gasteiger partial charge in [0.2, 0.25) is 0 Å². The fourth-order valence-corrected chi connectivity index (χ4v) is 4.90. The molecule has 1 heterocycles. The molecule has 3 aromatic carbocycles. The molecule has 0 spiro atoms. The molecule has 1 aromatic heterocycles. The second kappa shape index (κ2) is 9.59. The molecule has 0 bridgehead atoms. The maximum absolute atomic E-state index is 12.7. The zero-order valence-corrected chi connectivity index (χ0v) is 19.4. The Morgan fingerprint density at radius 1 is 0.909 bits per heavy atom. The summed E-state index contributed by atoms with van der Waals surface area (Å²) in [5.74, 6) is 0.444. The van der Waals surface area contributed by atoms with Crippen molar-refractivity contribution in [1.82, 2.24) is 4.98 Å². The van der Waals surface area contributed by atoms with Crippen LogP contribution in [0.15, 0.2) is 78.2 Å². The summed E-state index contributed by atoms with van der Waals surface area (Å²) in [6, 6.07) is 24.6. The van der Waals surface area contributed by atoms with E-state index < -0.39 is 6.10 Å². The Balaban J connectivity index is 1.21. The smallest absolute Gasteiger partial charge is 0.266 e. The molecule has 0 aliphatic heterocycles. The molecule has 1 aliphatic carbocycles. The summed E-state index contributed by atoms with van der Waals surface area (Å²) in [5.41, 5.74) is 7.14. The van der Waals surface area contributed by atoms with Crippen LogP contribution in [0.4, 0.5) is 5.13 Å². The Hall–Kier alpha value is -3.44. The van der Waals surface area contributed by atoms with Crippen molar-refractivity contribution in [3.63, 3.8) is 0 Å². The van der Waals surface area contributed by atoms with Crippen molar-refractivity contribution >= 4 is 22.4 Å². The lowest BCUT2D eigenvalue weighted by molar-refractivity contribution is -0.122. The number of aromatic nitrogens is 1. The van der Waals surface area contributed by atoms with Gasteiger partial charge >= 0.3 is 0 Å². The summed E-state index contributed by atoms with van der Waals surface area (Å²) < 4.78 is 5.86. The van der Waals surface area contributed by atoms with Crippen LogP contribution in [0.3, 0.4) is 0 Å². The van der Waals surface area contributed by atoms with Gasteiger partial charge in [-0.15, -0.1) is 11.3 Å². The Morgan fingerprint density at radius 2 is 1.61 bits per heavy atom. The third kappa shape index (κ3) is 4.99. The summed E-state index contributed by atoms with van der Waals surface area (Å²) in [7, 11) is 0. The molecule has 33 heavy (non-hydrogen) atoms. The number of ether oxygens (including phenoxy) is 1.